The van der Waals surface area contributed by atoms with E-state index in [1.165, 1.54) is 7.11 Å². The van der Waals surface area contributed by atoms with Gasteiger partial charge in [-0.3, -0.25) is 4.98 Å². The summed E-state index contributed by atoms with van der Waals surface area (Å²) in [6.07, 6.45) is 1.58. The Bertz CT molecular complexity index is 562. The zero-order chi connectivity index (χ0) is 10.8. The van der Waals surface area contributed by atoms with Crippen LogP contribution in [0, 0.1) is 11.3 Å². The molecule has 0 unspecified atom stereocenters. The maximum Gasteiger partial charge on any atom is 0.183 e. The number of nitrogens with zero attached hydrogens (tertiary/aromatic N) is 3. The molecule has 0 aliphatic carbocycles. The fourth-order valence-corrected chi connectivity index (χ4v) is 1.45. The molecule has 0 atom stereocenters. The second-order valence-electron chi connectivity index (χ2n) is 2.81. The van der Waals surface area contributed by atoms with Gasteiger partial charge in [-0.2, -0.15) is 5.26 Å². The number of fused-ring (bicyclic) bond motifs is 1. The molecule has 0 N–H and O–H groups in total. The summed E-state index contributed by atoms with van der Waals surface area (Å²) >= 11 is 5.93. The molecule has 15 heavy (non-hydrogen) atoms. The molecule has 0 saturated heterocycles. The first-order valence-corrected chi connectivity index (χ1v) is 4.53. The van der Waals surface area contributed by atoms with E-state index < -0.39 is 0 Å². The first kappa shape index (κ1) is 9.69. The molecule has 0 spiro atoms. The smallest absolute Gasteiger partial charge is 0.183 e. The van der Waals surface area contributed by atoms with Crippen LogP contribution in [0.5, 0.6) is 5.75 Å². The van der Waals surface area contributed by atoms with Crippen LogP contribution in [-0.4, -0.2) is 17.1 Å². The average molecular weight is 220 g/mol. The van der Waals surface area contributed by atoms with E-state index in [4.69, 9.17) is 21.6 Å². The summed E-state index contributed by atoms with van der Waals surface area (Å²) in [4.78, 5) is 8.17. The SMILES string of the molecule is COc1cc2nccc(Cl)c2nc1C#N. The first-order chi connectivity index (χ1) is 7.26. The standard InChI is InChI=1S/C10H6ClN3O/c1-15-9-4-7-10(14-8(9)5-12)6(11)2-3-13-7/h2-4H,1H3. The molecule has 0 aliphatic rings. The molecule has 2 aromatic rings. The molecule has 74 valence electrons. The van der Waals surface area contributed by atoms with Crippen molar-refractivity contribution in [1.82, 2.24) is 9.97 Å². The maximum atomic E-state index is 8.84. The summed E-state index contributed by atoms with van der Waals surface area (Å²) < 4.78 is 5.02. The fourth-order valence-electron chi connectivity index (χ4n) is 1.26. The third kappa shape index (κ3) is 1.58. The Morgan fingerprint density at radius 1 is 1.53 bits per heavy atom. The molecule has 0 radical (unpaired) electrons. The summed E-state index contributed by atoms with van der Waals surface area (Å²) in [7, 11) is 1.48. The quantitative estimate of drug-likeness (QED) is 0.738. The molecular weight excluding hydrogens is 214 g/mol. The number of nitriles is 1. The fraction of sp³-hybridized carbons (Fsp3) is 0.100. The summed E-state index contributed by atoms with van der Waals surface area (Å²) in [6, 6.07) is 5.22. The molecular formula is C10H6ClN3O. The second-order valence-corrected chi connectivity index (χ2v) is 3.22. The monoisotopic (exact) mass is 219 g/mol. The van der Waals surface area contributed by atoms with E-state index in [1.54, 1.807) is 18.3 Å². The molecule has 5 heteroatoms. The minimum Gasteiger partial charge on any atom is -0.494 e. The minimum absolute atomic E-state index is 0.208. The Morgan fingerprint density at radius 2 is 2.33 bits per heavy atom. The van der Waals surface area contributed by atoms with Crippen LogP contribution in [-0.2, 0) is 0 Å². The van der Waals surface area contributed by atoms with Gasteiger partial charge >= 0.3 is 0 Å². The Balaban J connectivity index is 2.83. The van der Waals surface area contributed by atoms with E-state index in [0.717, 1.165) is 0 Å². The van der Waals surface area contributed by atoms with Crippen molar-refractivity contribution in [2.75, 3.05) is 7.11 Å². The zero-order valence-corrected chi connectivity index (χ0v) is 8.62. The largest absolute Gasteiger partial charge is 0.494 e. The van der Waals surface area contributed by atoms with Crippen molar-refractivity contribution in [3.63, 3.8) is 0 Å². The number of halogens is 1. The highest BCUT2D eigenvalue weighted by molar-refractivity contribution is 6.34. The number of aromatic nitrogens is 2. The van der Waals surface area contributed by atoms with Crippen molar-refractivity contribution >= 4 is 22.6 Å². The van der Waals surface area contributed by atoms with Gasteiger partial charge in [-0.25, -0.2) is 4.98 Å². The summed E-state index contributed by atoms with van der Waals surface area (Å²) in [5, 5.41) is 9.32. The van der Waals surface area contributed by atoms with Crippen LogP contribution in [0.1, 0.15) is 5.69 Å². The number of hydrogen-bond acceptors (Lipinski definition) is 4. The molecule has 2 aromatic heterocycles. The van der Waals surface area contributed by atoms with Gasteiger partial charge < -0.3 is 4.74 Å². The van der Waals surface area contributed by atoms with Crippen molar-refractivity contribution in [2.45, 2.75) is 0 Å². The van der Waals surface area contributed by atoms with E-state index in [2.05, 4.69) is 9.97 Å². The van der Waals surface area contributed by atoms with Gasteiger partial charge in [0.05, 0.1) is 17.6 Å². The van der Waals surface area contributed by atoms with E-state index in [0.29, 0.717) is 21.8 Å². The lowest BCUT2D eigenvalue weighted by atomic mass is 10.2. The van der Waals surface area contributed by atoms with E-state index in [1.807, 2.05) is 6.07 Å². The highest BCUT2D eigenvalue weighted by Crippen LogP contribution is 2.25. The Hall–Kier alpha value is -1.86. The van der Waals surface area contributed by atoms with Gasteiger partial charge in [0.15, 0.2) is 11.4 Å². The third-order valence-electron chi connectivity index (χ3n) is 1.95. The Kier molecular flexibility index (Phi) is 2.40. The number of ether oxygens (including phenoxy) is 1. The predicted molar refractivity (Wildman–Crippen MR) is 55.8 cm³/mol. The molecule has 0 bridgehead atoms. The van der Waals surface area contributed by atoms with Gasteiger partial charge in [-0.15, -0.1) is 0 Å². The van der Waals surface area contributed by atoms with Gasteiger partial charge in [-0.1, -0.05) is 11.6 Å². The highest BCUT2D eigenvalue weighted by atomic mass is 35.5. The van der Waals surface area contributed by atoms with Crippen LogP contribution in [0.3, 0.4) is 0 Å². The zero-order valence-electron chi connectivity index (χ0n) is 7.86. The Morgan fingerprint density at radius 3 is 3.00 bits per heavy atom. The van der Waals surface area contributed by atoms with Gasteiger partial charge in [-0.05, 0) is 6.07 Å². The maximum absolute atomic E-state index is 8.84. The molecule has 0 aliphatic heterocycles. The highest BCUT2D eigenvalue weighted by Gasteiger charge is 2.09. The van der Waals surface area contributed by atoms with Gasteiger partial charge in [0.2, 0.25) is 0 Å². The molecule has 0 fully saturated rings. The topological polar surface area (TPSA) is 58.8 Å². The summed E-state index contributed by atoms with van der Waals surface area (Å²) in [6.45, 7) is 0. The van der Waals surface area contributed by atoms with Gasteiger partial charge in [0.1, 0.15) is 11.6 Å². The Labute approximate surface area is 91.1 Å². The molecule has 0 aromatic carbocycles. The van der Waals surface area contributed by atoms with Crippen LogP contribution in [0.4, 0.5) is 0 Å². The molecule has 4 nitrogen and oxygen atoms in total. The first-order valence-electron chi connectivity index (χ1n) is 4.15. The lowest BCUT2D eigenvalue weighted by molar-refractivity contribution is 0.412. The second kappa shape index (κ2) is 3.71. The van der Waals surface area contributed by atoms with Crippen LogP contribution >= 0.6 is 11.6 Å². The number of pyridine rings is 2. The molecule has 2 rings (SSSR count). The summed E-state index contributed by atoms with van der Waals surface area (Å²) in [5.41, 5.74) is 1.33. The van der Waals surface area contributed by atoms with Crippen molar-refractivity contribution in [3.05, 3.63) is 29.0 Å². The summed E-state index contributed by atoms with van der Waals surface area (Å²) in [5.74, 6) is 0.403. The molecule has 0 amide bonds. The van der Waals surface area contributed by atoms with Crippen molar-refractivity contribution < 1.29 is 4.74 Å². The number of hydrogen-bond donors (Lipinski definition) is 0. The van der Waals surface area contributed by atoms with Crippen LogP contribution in [0.25, 0.3) is 11.0 Å². The van der Waals surface area contributed by atoms with Crippen molar-refractivity contribution in [3.8, 4) is 11.8 Å². The van der Waals surface area contributed by atoms with Crippen LogP contribution < -0.4 is 4.74 Å². The van der Waals surface area contributed by atoms with Gasteiger partial charge in [0, 0.05) is 12.3 Å². The van der Waals surface area contributed by atoms with Crippen LogP contribution in [0.15, 0.2) is 18.3 Å². The average Bonchev–Trinajstić information content (AvgIpc) is 2.28. The number of methoxy groups -OCH3 is 1. The van der Waals surface area contributed by atoms with Crippen molar-refractivity contribution in [2.24, 2.45) is 0 Å². The predicted octanol–water partition coefficient (Wildman–Crippen LogP) is 2.16. The van der Waals surface area contributed by atoms with E-state index >= 15 is 0 Å². The van der Waals surface area contributed by atoms with E-state index in [-0.39, 0.29) is 5.69 Å². The van der Waals surface area contributed by atoms with Crippen molar-refractivity contribution in [1.29, 1.82) is 5.26 Å². The lowest BCUT2D eigenvalue weighted by Gasteiger charge is -2.04. The normalized spacial score (nSPS) is 9.93. The van der Waals surface area contributed by atoms with E-state index in [9.17, 15) is 0 Å². The molecule has 0 saturated carbocycles. The minimum atomic E-state index is 0.208. The third-order valence-corrected chi connectivity index (χ3v) is 2.26. The molecule has 2 heterocycles. The number of rotatable bonds is 1. The lowest BCUT2D eigenvalue weighted by Crippen LogP contribution is -1.94. The van der Waals surface area contributed by atoms with Gasteiger partial charge in [0.25, 0.3) is 0 Å². The van der Waals surface area contributed by atoms with Crippen LogP contribution in [0.2, 0.25) is 5.02 Å².